The topological polar surface area (TPSA) is 49.4 Å². The van der Waals surface area contributed by atoms with Crippen molar-refractivity contribution < 1.29 is 9.59 Å². The highest BCUT2D eigenvalue weighted by molar-refractivity contribution is 6.05. The number of likely N-dealkylation sites (tertiary alicyclic amines) is 1. The van der Waals surface area contributed by atoms with E-state index >= 15 is 0 Å². The fourth-order valence-electron chi connectivity index (χ4n) is 3.90. The molecule has 2 heterocycles. The number of rotatable bonds is 1. The maximum atomic E-state index is 12.5. The van der Waals surface area contributed by atoms with Gasteiger partial charge < -0.3 is 5.32 Å². The van der Waals surface area contributed by atoms with Crippen molar-refractivity contribution in [3.63, 3.8) is 0 Å². The van der Waals surface area contributed by atoms with Gasteiger partial charge in [0.05, 0.1) is 11.8 Å². The molecule has 1 N–H and O–H groups in total. The zero-order chi connectivity index (χ0) is 12.7. The Bertz CT molecular complexity index is 345. The molecule has 3 rings (SSSR count). The highest BCUT2D eigenvalue weighted by Crippen LogP contribution is 2.40. The molecule has 0 bridgehead atoms. The molecule has 3 aliphatic rings. The zero-order valence-corrected chi connectivity index (χ0v) is 11.0. The molecule has 0 spiro atoms. The standard InChI is InChI=1S/C14H22N2O2/c1-9-8-15-7-6-12(9)16-13(17)10-4-2-3-5-11(10)14(16)18/h9-12,15H,2-8H2,1H3. The number of hydrogen-bond donors (Lipinski definition) is 1. The number of hydrogen-bond acceptors (Lipinski definition) is 3. The number of carbonyl (C=O) groups excluding carboxylic acids is 2. The molecule has 0 aromatic rings. The van der Waals surface area contributed by atoms with Crippen LogP contribution < -0.4 is 5.32 Å². The molecular weight excluding hydrogens is 228 g/mol. The molecule has 4 heteroatoms. The van der Waals surface area contributed by atoms with E-state index in [1.54, 1.807) is 4.90 Å². The number of piperidine rings is 1. The molecule has 0 aromatic carbocycles. The van der Waals surface area contributed by atoms with Gasteiger partial charge in [0.2, 0.25) is 11.8 Å². The van der Waals surface area contributed by atoms with Crippen molar-refractivity contribution in [1.82, 2.24) is 10.2 Å². The van der Waals surface area contributed by atoms with Crippen molar-refractivity contribution in [1.29, 1.82) is 0 Å². The van der Waals surface area contributed by atoms with E-state index in [0.717, 1.165) is 45.2 Å². The lowest BCUT2D eigenvalue weighted by molar-refractivity contribution is -0.144. The van der Waals surface area contributed by atoms with E-state index in [0.29, 0.717) is 5.92 Å². The summed E-state index contributed by atoms with van der Waals surface area (Å²) in [5.74, 6) is 0.653. The van der Waals surface area contributed by atoms with Crippen LogP contribution >= 0.6 is 0 Å². The van der Waals surface area contributed by atoms with Gasteiger partial charge in [-0.15, -0.1) is 0 Å². The van der Waals surface area contributed by atoms with E-state index in [1.165, 1.54) is 0 Å². The fourth-order valence-corrected chi connectivity index (χ4v) is 3.90. The first-order valence-electron chi connectivity index (χ1n) is 7.28. The summed E-state index contributed by atoms with van der Waals surface area (Å²) < 4.78 is 0. The normalized spacial score (nSPS) is 41.1. The van der Waals surface area contributed by atoms with E-state index < -0.39 is 0 Å². The molecule has 2 aliphatic heterocycles. The van der Waals surface area contributed by atoms with Crippen molar-refractivity contribution in [2.24, 2.45) is 17.8 Å². The Morgan fingerprint density at radius 2 is 1.67 bits per heavy atom. The van der Waals surface area contributed by atoms with Gasteiger partial charge in [0.25, 0.3) is 0 Å². The predicted octanol–water partition coefficient (Wildman–Crippen LogP) is 1.16. The predicted molar refractivity (Wildman–Crippen MR) is 67.7 cm³/mol. The van der Waals surface area contributed by atoms with Crippen molar-refractivity contribution in [3.05, 3.63) is 0 Å². The van der Waals surface area contributed by atoms with Crippen LogP contribution in [-0.2, 0) is 9.59 Å². The van der Waals surface area contributed by atoms with Crippen LogP contribution in [0.1, 0.15) is 39.0 Å². The number of nitrogens with zero attached hydrogens (tertiary/aromatic N) is 1. The van der Waals surface area contributed by atoms with Gasteiger partial charge in [-0.2, -0.15) is 0 Å². The monoisotopic (exact) mass is 250 g/mol. The van der Waals surface area contributed by atoms with Gasteiger partial charge >= 0.3 is 0 Å². The summed E-state index contributed by atoms with van der Waals surface area (Å²) in [6.45, 7) is 3.97. The van der Waals surface area contributed by atoms with Crippen LogP contribution in [0.15, 0.2) is 0 Å². The van der Waals surface area contributed by atoms with Gasteiger partial charge in [-0.1, -0.05) is 19.8 Å². The van der Waals surface area contributed by atoms with E-state index in [9.17, 15) is 9.59 Å². The van der Waals surface area contributed by atoms with Crippen LogP contribution in [0.25, 0.3) is 0 Å². The third-order valence-electron chi connectivity index (χ3n) is 4.95. The van der Waals surface area contributed by atoms with Gasteiger partial charge in [0.1, 0.15) is 0 Å². The second kappa shape index (κ2) is 4.65. The Hall–Kier alpha value is -0.900. The van der Waals surface area contributed by atoms with Crippen LogP contribution in [0, 0.1) is 17.8 Å². The first-order chi connectivity index (χ1) is 8.70. The van der Waals surface area contributed by atoms with E-state index in [4.69, 9.17) is 0 Å². The molecule has 1 saturated carbocycles. The summed E-state index contributed by atoms with van der Waals surface area (Å²) in [6, 6.07) is 0.136. The highest BCUT2D eigenvalue weighted by atomic mass is 16.2. The molecule has 4 atom stereocenters. The molecule has 2 amide bonds. The Kier molecular flexibility index (Phi) is 3.14. The number of carbonyl (C=O) groups is 2. The van der Waals surface area contributed by atoms with Crippen molar-refractivity contribution in [2.45, 2.75) is 45.1 Å². The van der Waals surface area contributed by atoms with Gasteiger partial charge in [-0.25, -0.2) is 0 Å². The smallest absolute Gasteiger partial charge is 0.233 e. The first kappa shape index (κ1) is 12.2. The molecule has 0 radical (unpaired) electrons. The van der Waals surface area contributed by atoms with E-state index in [1.807, 2.05) is 0 Å². The van der Waals surface area contributed by atoms with Crippen molar-refractivity contribution in [3.8, 4) is 0 Å². The summed E-state index contributed by atoms with van der Waals surface area (Å²) in [7, 11) is 0. The number of imide groups is 1. The minimum atomic E-state index is 0.00772. The summed E-state index contributed by atoms with van der Waals surface area (Å²) in [5.41, 5.74) is 0. The van der Waals surface area contributed by atoms with Crippen molar-refractivity contribution >= 4 is 11.8 Å². The lowest BCUT2D eigenvalue weighted by Crippen LogP contribution is -2.51. The minimum Gasteiger partial charge on any atom is -0.316 e. The maximum absolute atomic E-state index is 12.5. The van der Waals surface area contributed by atoms with Crippen LogP contribution in [0.2, 0.25) is 0 Å². The molecule has 18 heavy (non-hydrogen) atoms. The number of fused-ring (bicyclic) bond motifs is 1. The van der Waals surface area contributed by atoms with E-state index in [-0.39, 0.29) is 29.7 Å². The average molecular weight is 250 g/mol. The van der Waals surface area contributed by atoms with Crippen LogP contribution in [0.3, 0.4) is 0 Å². The lowest BCUT2D eigenvalue weighted by atomic mass is 9.81. The molecule has 1 aliphatic carbocycles. The van der Waals surface area contributed by atoms with Crippen LogP contribution in [0.5, 0.6) is 0 Å². The van der Waals surface area contributed by atoms with E-state index in [2.05, 4.69) is 12.2 Å². The third-order valence-corrected chi connectivity index (χ3v) is 4.95. The summed E-state index contributed by atoms with van der Waals surface area (Å²) in [4.78, 5) is 26.6. The van der Waals surface area contributed by atoms with Crippen molar-refractivity contribution in [2.75, 3.05) is 13.1 Å². The molecule has 2 saturated heterocycles. The SMILES string of the molecule is CC1CNCCC1N1C(=O)C2CCCCC2C1=O. The summed E-state index contributed by atoms with van der Waals surface area (Å²) in [6.07, 6.45) is 4.97. The second-order valence-corrected chi connectivity index (χ2v) is 6.08. The van der Waals surface area contributed by atoms with Crippen LogP contribution in [0.4, 0.5) is 0 Å². The molecule has 0 aromatic heterocycles. The lowest BCUT2D eigenvalue weighted by Gasteiger charge is -2.35. The Morgan fingerprint density at radius 1 is 1.06 bits per heavy atom. The molecule has 100 valence electrons. The highest BCUT2D eigenvalue weighted by Gasteiger charge is 2.51. The maximum Gasteiger partial charge on any atom is 0.233 e. The van der Waals surface area contributed by atoms with Gasteiger partial charge in [0.15, 0.2) is 0 Å². The Morgan fingerprint density at radius 3 is 2.22 bits per heavy atom. The van der Waals surface area contributed by atoms with Gasteiger partial charge in [-0.05, 0) is 38.3 Å². The number of amides is 2. The van der Waals surface area contributed by atoms with Gasteiger partial charge in [0, 0.05) is 6.04 Å². The summed E-state index contributed by atoms with van der Waals surface area (Å²) >= 11 is 0. The largest absolute Gasteiger partial charge is 0.316 e. The second-order valence-electron chi connectivity index (χ2n) is 6.08. The Balaban J connectivity index is 1.83. The molecule has 4 nitrogen and oxygen atoms in total. The molecular formula is C14H22N2O2. The van der Waals surface area contributed by atoms with Gasteiger partial charge in [-0.3, -0.25) is 14.5 Å². The minimum absolute atomic E-state index is 0.00772. The fraction of sp³-hybridized carbons (Fsp3) is 0.857. The molecule has 4 unspecified atom stereocenters. The average Bonchev–Trinajstić information content (AvgIpc) is 2.64. The first-order valence-corrected chi connectivity index (χ1v) is 7.28. The molecule has 3 fully saturated rings. The zero-order valence-electron chi connectivity index (χ0n) is 11.0. The quantitative estimate of drug-likeness (QED) is 0.710. The Labute approximate surface area is 108 Å². The summed E-state index contributed by atoms with van der Waals surface area (Å²) in [5, 5.41) is 3.33. The number of nitrogens with one attached hydrogen (secondary N) is 1. The van der Waals surface area contributed by atoms with Crippen LogP contribution in [-0.4, -0.2) is 35.8 Å². The third kappa shape index (κ3) is 1.78.